The van der Waals surface area contributed by atoms with Crippen LogP contribution in [0.4, 0.5) is 0 Å². The van der Waals surface area contributed by atoms with Gasteiger partial charge in [-0.1, -0.05) is 50.1 Å². The smallest absolute Gasteiger partial charge is 0.314 e. The molecule has 0 aliphatic heterocycles. The summed E-state index contributed by atoms with van der Waals surface area (Å²) in [7, 11) is 0. The molecule has 0 aliphatic carbocycles. The maximum atomic E-state index is 12.0. The fourth-order valence-electron chi connectivity index (χ4n) is 2.50. The molecule has 2 rings (SSSR count). The zero-order chi connectivity index (χ0) is 14.4. The van der Waals surface area contributed by atoms with Crippen molar-refractivity contribution < 1.29 is 9.90 Å². The molecule has 1 aromatic heterocycles. The average molecular weight is 289 g/mol. The molecule has 3 nitrogen and oxygen atoms in total. The van der Waals surface area contributed by atoms with Crippen LogP contribution < -0.4 is 0 Å². The molecule has 2 aromatic rings. The topological polar surface area (TPSA) is 50.2 Å². The van der Waals surface area contributed by atoms with Gasteiger partial charge in [0.2, 0.25) is 0 Å². The number of nitrogens with zero attached hydrogens (tertiary/aromatic N) is 1. The van der Waals surface area contributed by atoms with E-state index >= 15 is 0 Å². The van der Waals surface area contributed by atoms with Crippen LogP contribution >= 0.6 is 11.3 Å². The lowest BCUT2D eigenvalue weighted by Gasteiger charge is -2.29. The number of aromatic nitrogens is 1. The maximum absolute atomic E-state index is 12.0. The SMILES string of the molecule is CCCCC(Cc1cncs1)(C(=O)O)c1ccccc1. The molecule has 106 valence electrons. The van der Waals surface area contributed by atoms with Gasteiger partial charge in [-0.2, -0.15) is 0 Å². The van der Waals surface area contributed by atoms with Crippen molar-refractivity contribution in [2.45, 2.75) is 38.0 Å². The molecule has 0 bridgehead atoms. The third-order valence-corrected chi connectivity index (χ3v) is 4.43. The van der Waals surface area contributed by atoms with Crippen LogP contribution in [0.3, 0.4) is 0 Å². The van der Waals surface area contributed by atoms with Crippen molar-refractivity contribution in [3.8, 4) is 0 Å². The van der Waals surface area contributed by atoms with Gasteiger partial charge in [0.15, 0.2) is 0 Å². The third-order valence-electron chi connectivity index (χ3n) is 3.65. The first kappa shape index (κ1) is 14.7. The number of carboxylic acids is 1. The zero-order valence-corrected chi connectivity index (χ0v) is 12.4. The molecule has 0 fully saturated rings. The fourth-order valence-corrected chi connectivity index (χ4v) is 3.21. The average Bonchev–Trinajstić information content (AvgIpc) is 2.97. The lowest BCUT2D eigenvalue weighted by molar-refractivity contribution is -0.144. The van der Waals surface area contributed by atoms with Crippen molar-refractivity contribution in [3.05, 3.63) is 52.5 Å². The Morgan fingerprint density at radius 2 is 2.10 bits per heavy atom. The summed E-state index contributed by atoms with van der Waals surface area (Å²) in [5, 5.41) is 9.89. The maximum Gasteiger partial charge on any atom is 0.314 e. The number of hydrogen-bond acceptors (Lipinski definition) is 3. The summed E-state index contributed by atoms with van der Waals surface area (Å²) in [6, 6.07) is 9.58. The van der Waals surface area contributed by atoms with Gasteiger partial charge in [0.05, 0.1) is 10.9 Å². The fraction of sp³-hybridized carbons (Fsp3) is 0.375. The largest absolute Gasteiger partial charge is 0.481 e. The van der Waals surface area contributed by atoms with E-state index in [4.69, 9.17) is 0 Å². The third kappa shape index (κ3) is 3.07. The van der Waals surface area contributed by atoms with E-state index in [1.165, 1.54) is 11.3 Å². The minimum atomic E-state index is -0.843. The molecule has 0 saturated heterocycles. The van der Waals surface area contributed by atoms with Crippen LogP contribution in [0.1, 0.15) is 36.6 Å². The lowest BCUT2D eigenvalue weighted by Crippen LogP contribution is -2.38. The molecule has 1 unspecified atom stereocenters. The number of unbranched alkanes of at least 4 members (excludes halogenated alkanes) is 1. The van der Waals surface area contributed by atoms with Crippen LogP contribution in [0.5, 0.6) is 0 Å². The molecular formula is C16H19NO2S. The first-order valence-corrected chi connectivity index (χ1v) is 7.73. The minimum Gasteiger partial charge on any atom is -0.481 e. The van der Waals surface area contributed by atoms with Crippen LogP contribution in [-0.4, -0.2) is 16.1 Å². The number of thiazole rings is 1. The molecule has 1 atom stereocenters. The number of benzene rings is 1. The Kier molecular flexibility index (Phi) is 4.90. The molecule has 0 radical (unpaired) electrons. The Bertz CT molecular complexity index is 539. The zero-order valence-electron chi connectivity index (χ0n) is 11.6. The Morgan fingerprint density at radius 1 is 1.35 bits per heavy atom. The van der Waals surface area contributed by atoms with Crippen LogP contribution in [0, 0.1) is 0 Å². The summed E-state index contributed by atoms with van der Waals surface area (Å²) in [5.41, 5.74) is 1.80. The van der Waals surface area contributed by atoms with E-state index in [2.05, 4.69) is 11.9 Å². The molecule has 4 heteroatoms. The summed E-state index contributed by atoms with van der Waals surface area (Å²) >= 11 is 1.52. The summed E-state index contributed by atoms with van der Waals surface area (Å²) < 4.78 is 0. The van der Waals surface area contributed by atoms with Crippen molar-refractivity contribution in [1.29, 1.82) is 0 Å². The second-order valence-corrected chi connectivity index (χ2v) is 5.97. The highest BCUT2D eigenvalue weighted by molar-refractivity contribution is 7.09. The number of carbonyl (C=O) groups is 1. The van der Waals surface area contributed by atoms with Gasteiger partial charge in [0, 0.05) is 17.5 Å². The van der Waals surface area contributed by atoms with Gasteiger partial charge in [-0.25, -0.2) is 0 Å². The standard InChI is InChI=1S/C16H19NO2S/c1-2-3-9-16(15(18)19,10-14-11-17-12-20-14)13-7-5-4-6-8-13/h4-8,11-12H,2-3,9-10H2,1H3,(H,18,19). The molecule has 1 aromatic carbocycles. The second kappa shape index (κ2) is 6.66. The second-order valence-electron chi connectivity index (χ2n) is 5.00. The Labute approximate surface area is 123 Å². The minimum absolute atomic E-state index is 0.511. The van der Waals surface area contributed by atoms with E-state index in [1.54, 1.807) is 11.7 Å². The van der Waals surface area contributed by atoms with E-state index < -0.39 is 11.4 Å². The predicted octanol–water partition coefficient (Wildman–Crippen LogP) is 3.90. The number of rotatable bonds is 7. The monoisotopic (exact) mass is 289 g/mol. The molecule has 1 heterocycles. The molecule has 0 amide bonds. The van der Waals surface area contributed by atoms with Crippen LogP contribution in [0.15, 0.2) is 42.0 Å². The van der Waals surface area contributed by atoms with E-state index in [1.807, 2.05) is 30.3 Å². The van der Waals surface area contributed by atoms with Gasteiger partial charge in [-0.15, -0.1) is 11.3 Å². The van der Waals surface area contributed by atoms with Crippen LogP contribution in [0.2, 0.25) is 0 Å². The van der Waals surface area contributed by atoms with E-state index in [9.17, 15) is 9.90 Å². The summed E-state index contributed by atoms with van der Waals surface area (Å²) in [6.45, 7) is 2.09. The van der Waals surface area contributed by atoms with Gasteiger partial charge in [-0.05, 0) is 12.0 Å². The van der Waals surface area contributed by atoms with E-state index in [-0.39, 0.29) is 0 Å². The normalized spacial score (nSPS) is 13.8. The molecule has 0 aliphatic rings. The van der Waals surface area contributed by atoms with Gasteiger partial charge in [0.25, 0.3) is 0 Å². The molecule has 0 saturated carbocycles. The van der Waals surface area contributed by atoms with Crippen molar-refractivity contribution in [1.82, 2.24) is 4.98 Å². The molecular weight excluding hydrogens is 270 g/mol. The van der Waals surface area contributed by atoms with Crippen molar-refractivity contribution >= 4 is 17.3 Å². The Hall–Kier alpha value is -1.68. The van der Waals surface area contributed by atoms with Crippen LogP contribution in [0.25, 0.3) is 0 Å². The molecule has 0 spiro atoms. The molecule has 20 heavy (non-hydrogen) atoms. The Balaban J connectivity index is 2.41. The lowest BCUT2D eigenvalue weighted by atomic mass is 9.73. The van der Waals surface area contributed by atoms with Crippen molar-refractivity contribution in [2.75, 3.05) is 0 Å². The highest BCUT2D eigenvalue weighted by Gasteiger charge is 2.40. The highest BCUT2D eigenvalue weighted by atomic mass is 32.1. The van der Waals surface area contributed by atoms with E-state index in [0.717, 1.165) is 23.3 Å². The quantitative estimate of drug-likeness (QED) is 0.841. The van der Waals surface area contributed by atoms with Gasteiger partial charge >= 0.3 is 5.97 Å². The summed E-state index contributed by atoms with van der Waals surface area (Å²) in [6.07, 6.45) is 4.83. The summed E-state index contributed by atoms with van der Waals surface area (Å²) in [4.78, 5) is 17.1. The first-order valence-electron chi connectivity index (χ1n) is 6.85. The predicted molar refractivity (Wildman–Crippen MR) is 81.1 cm³/mol. The van der Waals surface area contributed by atoms with Crippen molar-refractivity contribution in [2.24, 2.45) is 0 Å². The summed E-state index contributed by atoms with van der Waals surface area (Å²) in [5.74, 6) is -0.745. The number of hydrogen-bond donors (Lipinski definition) is 1. The number of aliphatic carboxylic acids is 1. The van der Waals surface area contributed by atoms with Gasteiger partial charge in [-0.3, -0.25) is 9.78 Å². The van der Waals surface area contributed by atoms with Gasteiger partial charge < -0.3 is 5.11 Å². The number of carboxylic acid groups (broad SMARTS) is 1. The van der Waals surface area contributed by atoms with E-state index in [0.29, 0.717) is 12.8 Å². The Morgan fingerprint density at radius 3 is 2.65 bits per heavy atom. The first-order chi connectivity index (χ1) is 9.69. The van der Waals surface area contributed by atoms with Crippen LogP contribution in [-0.2, 0) is 16.6 Å². The van der Waals surface area contributed by atoms with Gasteiger partial charge in [0.1, 0.15) is 0 Å². The molecule has 1 N–H and O–H groups in total. The van der Waals surface area contributed by atoms with Crippen molar-refractivity contribution in [3.63, 3.8) is 0 Å². The highest BCUT2D eigenvalue weighted by Crippen LogP contribution is 2.35.